The molecule has 0 fully saturated rings. The third-order valence-corrected chi connectivity index (χ3v) is 5.87. The van der Waals surface area contributed by atoms with Crippen molar-refractivity contribution in [3.05, 3.63) is 80.8 Å². The van der Waals surface area contributed by atoms with Crippen LogP contribution < -0.4 is 20.1 Å². The number of carbonyl (C=O) groups excluding carboxylic acids is 1. The first-order valence-electron chi connectivity index (χ1n) is 10.4. The molecular formula is C25H25Cl3N2O3. The Hall–Kier alpha value is -2.60. The minimum absolute atomic E-state index is 0.0171. The second kappa shape index (κ2) is 11.5. The topological polar surface area (TPSA) is 59.6 Å². The molecule has 5 nitrogen and oxygen atoms in total. The molecule has 33 heavy (non-hydrogen) atoms. The van der Waals surface area contributed by atoms with Crippen molar-refractivity contribution in [3.63, 3.8) is 0 Å². The molecule has 0 radical (unpaired) electrons. The lowest BCUT2D eigenvalue weighted by molar-refractivity contribution is -0.118. The van der Waals surface area contributed by atoms with Gasteiger partial charge in [0.05, 0.1) is 12.1 Å². The Labute approximate surface area is 208 Å². The van der Waals surface area contributed by atoms with E-state index in [-0.39, 0.29) is 18.4 Å². The van der Waals surface area contributed by atoms with Crippen molar-refractivity contribution >= 4 is 52.1 Å². The highest BCUT2D eigenvalue weighted by atomic mass is 35.5. The van der Waals surface area contributed by atoms with E-state index >= 15 is 0 Å². The number of ether oxygens (including phenoxy) is 2. The largest absolute Gasteiger partial charge is 0.493 e. The Morgan fingerprint density at radius 1 is 0.939 bits per heavy atom. The lowest BCUT2D eigenvalue weighted by Gasteiger charge is -2.16. The van der Waals surface area contributed by atoms with Crippen LogP contribution in [0, 0.1) is 5.92 Å². The van der Waals surface area contributed by atoms with Crippen molar-refractivity contribution in [3.8, 4) is 11.5 Å². The summed E-state index contributed by atoms with van der Waals surface area (Å²) in [5.74, 6) is 0.839. The number of rotatable bonds is 9. The summed E-state index contributed by atoms with van der Waals surface area (Å²) in [4.78, 5) is 11.8. The molecule has 0 aliphatic heterocycles. The highest BCUT2D eigenvalue weighted by Gasteiger charge is 2.14. The lowest BCUT2D eigenvalue weighted by Crippen LogP contribution is -2.17. The number of halogens is 3. The summed E-state index contributed by atoms with van der Waals surface area (Å²) >= 11 is 18.9. The second-order valence-electron chi connectivity index (χ2n) is 7.67. The second-order valence-corrected chi connectivity index (χ2v) is 8.89. The molecule has 0 saturated carbocycles. The van der Waals surface area contributed by atoms with Crippen LogP contribution in [0.2, 0.25) is 15.1 Å². The maximum atomic E-state index is 11.8. The van der Waals surface area contributed by atoms with Gasteiger partial charge in [-0.2, -0.15) is 0 Å². The predicted molar refractivity (Wildman–Crippen MR) is 136 cm³/mol. The van der Waals surface area contributed by atoms with Gasteiger partial charge in [0.1, 0.15) is 6.61 Å². The highest BCUT2D eigenvalue weighted by molar-refractivity contribution is 6.36. The van der Waals surface area contributed by atoms with Gasteiger partial charge < -0.3 is 20.1 Å². The summed E-state index contributed by atoms with van der Waals surface area (Å²) in [6.45, 7) is 4.39. The zero-order chi connectivity index (χ0) is 24.0. The fraction of sp³-hybridized carbons (Fsp3) is 0.240. The van der Waals surface area contributed by atoms with E-state index < -0.39 is 0 Å². The van der Waals surface area contributed by atoms with E-state index in [4.69, 9.17) is 44.3 Å². The first kappa shape index (κ1) is 25.0. The lowest BCUT2D eigenvalue weighted by atomic mass is 10.1. The Balaban J connectivity index is 1.66. The number of anilines is 2. The highest BCUT2D eigenvalue weighted by Crippen LogP contribution is 2.38. The number of nitrogens with one attached hydrogen (secondary N) is 2. The van der Waals surface area contributed by atoms with Crippen molar-refractivity contribution in [2.45, 2.75) is 27.0 Å². The first-order chi connectivity index (χ1) is 15.8. The Morgan fingerprint density at radius 2 is 1.58 bits per heavy atom. The molecule has 0 spiro atoms. The van der Waals surface area contributed by atoms with Crippen LogP contribution in [-0.4, -0.2) is 13.0 Å². The number of benzene rings is 3. The number of methoxy groups -OCH3 is 1. The van der Waals surface area contributed by atoms with Crippen LogP contribution in [0.25, 0.3) is 0 Å². The Morgan fingerprint density at radius 3 is 2.18 bits per heavy atom. The van der Waals surface area contributed by atoms with Gasteiger partial charge in [-0.1, -0.05) is 54.7 Å². The zero-order valence-electron chi connectivity index (χ0n) is 18.5. The van der Waals surface area contributed by atoms with E-state index in [0.717, 1.165) is 16.9 Å². The smallest absolute Gasteiger partial charge is 0.226 e. The van der Waals surface area contributed by atoms with E-state index in [9.17, 15) is 4.79 Å². The average molecular weight is 508 g/mol. The van der Waals surface area contributed by atoms with Gasteiger partial charge in [-0.25, -0.2) is 0 Å². The van der Waals surface area contributed by atoms with Crippen LogP contribution in [0.4, 0.5) is 11.4 Å². The zero-order valence-corrected chi connectivity index (χ0v) is 20.8. The summed E-state index contributed by atoms with van der Waals surface area (Å²) < 4.78 is 11.4. The number of hydrogen-bond acceptors (Lipinski definition) is 4. The normalized spacial score (nSPS) is 10.8. The molecule has 0 unspecified atom stereocenters. The van der Waals surface area contributed by atoms with E-state index in [2.05, 4.69) is 10.6 Å². The quantitative estimate of drug-likeness (QED) is 0.316. The Kier molecular flexibility index (Phi) is 8.73. The van der Waals surface area contributed by atoms with E-state index in [1.807, 2.05) is 50.2 Å². The van der Waals surface area contributed by atoms with Crippen LogP contribution in [0.5, 0.6) is 11.5 Å². The van der Waals surface area contributed by atoms with Crippen LogP contribution in [-0.2, 0) is 17.9 Å². The summed E-state index contributed by atoms with van der Waals surface area (Å²) in [5.41, 5.74) is 3.25. The predicted octanol–water partition coefficient (Wildman–Crippen LogP) is 7.44. The van der Waals surface area contributed by atoms with Gasteiger partial charge in [-0.05, 0) is 54.1 Å². The minimum Gasteiger partial charge on any atom is -0.493 e. The van der Waals surface area contributed by atoms with Crippen molar-refractivity contribution in [1.82, 2.24) is 0 Å². The molecule has 0 atom stereocenters. The van der Waals surface area contributed by atoms with Crippen molar-refractivity contribution in [2.75, 3.05) is 17.7 Å². The maximum Gasteiger partial charge on any atom is 0.226 e. The van der Waals surface area contributed by atoms with Gasteiger partial charge in [-0.15, -0.1) is 0 Å². The molecule has 0 aliphatic rings. The third-order valence-electron chi connectivity index (χ3n) is 4.89. The van der Waals surface area contributed by atoms with E-state index in [1.165, 1.54) is 0 Å². The molecule has 0 aliphatic carbocycles. The molecule has 1 amide bonds. The van der Waals surface area contributed by atoms with Crippen LogP contribution in [0.15, 0.2) is 54.6 Å². The molecule has 0 heterocycles. The average Bonchev–Trinajstić information content (AvgIpc) is 2.78. The SMILES string of the molecule is COc1cc(CNc2ccc(NC(=O)C(C)C)cc2)cc(Cl)c1OCc1c(Cl)cccc1Cl. The van der Waals surface area contributed by atoms with Gasteiger partial charge >= 0.3 is 0 Å². The minimum atomic E-state index is -0.0730. The number of amides is 1. The van der Waals surface area contributed by atoms with Gasteiger partial charge in [-0.3, -0.25) is 4.79 Å². The molecular weight excluding hydrogens is 483 g/mol. The summed E-state index contributed by atoms with van der Waals surface area (Å²) in [7, 11) is 1.56. The summed E-state index contributed by atoms with van der Waals surface area (Å²) in [5, 5.41) is 7.66. The molecule has 3 aromatic carbocycles. The molecule has 0 aromatic heterocycles. The van der Waals surface area contributed by atoms with Crippen LogP contribution in [0.1, 0.15) is 25.0 Å². The summed E-state index contributed by atoms with van der Waals surface area (Å²) in [6.07, 6.45) is 0. The molecule has 0 bridgehead atoms. The monoisotopic (exact) mass is 506 g/mol. The van der Waals surface area contributed by atoms with Gasteiger partial charge in [0.15, 0.2) is 11.5 Å². The van der Waals surface area contributed by atoms with Crippen molar-refractivity contribution in [1.29, 1.82) is 0 Å². The molecule has 2 N–H and O–H groups in total. The maximum absolute atomic E-state index is 11.8. The first-order valence-corrected chi connectivity index (χ1v) is 11.5. The van der Waals surface area contributed by atoms with Crippen LogP contribution in [0.3, 0.4) is 0 Å². The fourth-order valence-electron chi connectivity index (χ4n) is 2.99. The number of hydrogen-bond donors (Lipinski definition) is 2. The molecule has 174 valence electrons. The fourth-order valence-corrected chi connectivity index (χ4v) is 3.79. The number of carbonyl (C=O) groups is 1. The Bertz CT molecular complexity index is 1100. The van der Waals surface area contributed by atoms with Crippen LogP contribution >= 0.6 is 34.8 Å². The molecule has 8 heteroatoms. The van der Waals surface area contributed by atoms with E-state index in [1.54, 1.807) is 25.3 Å². The van der Waals surface area contributed by atoms with E-state index in [0.29, 0.717) is 38.7 Å². The van der Waals surface area contributed by atoms with Gasteiger partial charge in [0.2, 0.25) is 5.91 Å². The van der Waals surface area contributed by atoms with Crippen molar-refractivity contribution < 1.29 is 14.3 Å². The molecule has 0 saturated heterocycles. The molecule has 3 rings (SSSR count). The van der Waals surface area contributed by atoms with Crippen molar-refractivity contribution in [2.24, 2.45) is 5.92 Å². The standard InChI is InChI=1S/C25H25Cl3N2O3/c1-15(2)25(31)30-18-9-7-17(8-10-18)29-13-16-11-22(28)24(23(12-16)32-3)33-14-19-20(26)5-4-6-21(19)27/h4-12,15,29H,13-14H2,1-3H3,(H,30,31). The van der Waals surface area contributed by atoms with Gasteiger partial charge in [0.25, 0.3) is 0 Å². The summed E-state index contributed by atoms with van der Waals surface area (Å²) in [6, 6.07) is 16.5. The van der Waals surface area contributed by atoms with Gasteiger partial charge in [0, 0.05) is 39.4 Å². The third kappa shape index (κ3) is 6.70. The molecule has 3 aromatic rings.